The van der Waals surface area contributed by atoms with E-state index in [-0.39, 0.29) is 11.3 Å². The minimum absolute atomic E-state index is 0.00722. The highest BCUT2D eigenvalue weighted by Gasteiger charge is 2.17. The van der Waals surface area contributed by atoms with Gasteiger partial charge in [0.05, 0.1) is 5.38 Å². The maximum absolute atomic E-state index is 12.1. The third kappa shape index (κ3) is 5.15. The fourth-order valence-corrected chi connectivity index (χ4v) is 3.17. The summed E-state index contributed by atoms with van der Waals surface area (Å²) in [4.78, 5) is 12.1. The Morgan fingerprint density at radius 3 is 2.47 bits per heavy atom. The Labute approximate surface area is 129 Å². The first-order chi connectivity index (χ1) is 8.97. The molecule has 1 unspecified atom stereocenters. The van der Waals surface area contributed by atoms with E-state index < -0.39 is 0 Å². The number of amides is 1. The minimum Gasteiger partial charge on any atom is -0.351 e. The van der Waals surface area contributed by atoms with E-state index in [9.17, 15) is 4.79 Å². The van der Waals surface area contributed by atoms with E-state index in [0.29, 0.717) is 18.0 Å². The molecule has 0 aliphatic carbocycles. The van der Waals surface area contributed by atoms with Gasteiger partial charge in [0.15, 0.2) is 0 Å². The van der Waals surface area contributed by atoms with Gasteiger partial charge in [0, 0.05) is 16.6 Å². The van der Waals surface area contributed by atoms with Crippen molar-refractivity contribution in [3.05, 3.63) is 33.8 Å². The Morgan fingerprint density at radius 1 is 1.32 bits per heavy atom. The first kappa shape index (κ1) is 16.5. The fraction of sp³-hybridized carbons (Fsp3) is 0.533. The number of carbonyl (C=O) groups is 1. The predicted octanol–water partition coefficient (Wildman–Crippen LogP) is 4.53. The van der Waals surface area contributed by atoms with Crippen LogP contribution in [0.5, 0.6) is 0 Å². The van der Waals surface area contributed by atoms with Crippen LogP contribution in [0.3, 0.4) is 0 Å². The summed E-state index contributed by atoms with van der Waals surface area (Å²) in [5.74, 6) is 0.382. The van der Waals surface area contributed by atoms with Crippen LogP contribution in [0.15, 0.2) is 22.7 Å². The van der Waals surface area contributed by atoms with Crippen LogP contribution in [0.2, 0.25) is 0 Å². The first-order valence-electron chi connectivity index (χ1n) is 6.67. The second-order valence-electron chi connectivity index (χ2n) is 4.82. The Morgan fingerprint density at radius 2 is 1.95 bits per heavy atom. The number of nitrogens with one attached hydrogen (secondary N) is 1. The molecular formula is C15H21BrClNO. The normalized spacial score (nSPS) is 12.5. The Balaban J connectivity index is 2.60. The molecule has 0 fully saturated rings. The van der Waals surface area contributed by atoms with Gasteiger partial charge in [-0.2, -0.15) is 0 Å². The van der Waals surface area contributed by atoms with Gasteiger partial charge < -0.3 is 5.32 Å². The molecular weight excluding hydrogens is 326 g/mol. The summed E-state index contributed by atoms with van der Waals surface area (Å²) >= 11 is 9.72. The van der Waals surface area contributed by atoms with Gasteiger partial charge in [-0.1, -0.05) is 42.6 Å². The average Bonchev–Trinajstić information content (AvgIpc) is 2.36. The summed E-state index contributed by atoms with van der Waals surface area (Å²) < 4.78 is 0.917. The molecule has 19 heavy (non-hydrogen) atoms. The van der Waals surface area contributed by atoms with Gasteiger partial charge >= 0.3 is 0 Å². The van der Waals surface area contributed by atoms with Gasteiger partial charge in [0.2, 0.25) is 0 Å². The number of benzene rings is 1. The van der Waals surface area contributed by atoms with E-state index in [1.807, 2.05) is 25.1 Å². The average molecular weight is 347 g/mol. The molecule has 1 aromatic carbocycles. The van der Waals surface area contributed by atoms with E-state index in [4.69, 9.17) is 11.6 Å². The number of alkyl halides is 1. The van der Waals surface area contributed by atoms with Crippen LogP contribution < -0.4 is 5.32 Å². The van der Waals surface area contributed by atoms with Crippen molar-refractivity contribution in [2.24, 2.45) is 5.92 Å². The molecule has 106 valence electrons. The van der Waals surface area contributed by atoms with Crippen LogP contribution >= 0.6 is 27.5 Å². The fourth-order valence-electron chi connectivity index (χ4n) is 2.13. The van der Waals surface area contributed by atoms with Crippen molar-refractivity contribution < 1.29 is 4.79 Å². The summed E-state index contributed by atoms with van der Waals surface area (Å²) in [5, 5.41) is 2.90. The zero-order valence-corrected chi connectivity index (χ0v) is 14.0. The van der Waals surface area contributed by atoms with E-state index in [2.05, 4.69) is 35.1 Å². The van der Waals surface area contributed by atoms with E-state index in [1.54, 1.807) is 0 Å². The Kier molecular flexibility index (Phi) is 6.87. The molecule has 0 radical (unpaired) electrons. The van der Waals surface area contributed by atoms with Crippen molar-refractivity contribution in [1.29, 1.82) is 0 Å². The molecule has 0 bridgehead atoms. The minimum atomic E-state index is -0.0685. The summed E-state index contributed by atoms with van der Waals surface area (Å²) in [7, 11) is 0. The Hall–Kier alpha value is -0.540. The van der Waals surface area contributed by atoms with Gasteiger partial charge in [-0.15, -0.1) is 11.6 Å². The lowest BCUT2D eigenvalue weighted by molar-refractivity contribution is 0.0951. The van der Waals surface area contributed by atoms with Crippen molar-refractivity contribution >= 4 is 33.4 Å². The maximum Gasteiger partial charge on any atom is 0.251 e. The lowest BCUT2D eigenvalue weighted by Crippen LogP contribution is -2.33. The smallest absolute Gasteiger partial charge is 0.251 e. The Bertz CT molecular complexity index is 412. The number of hydrogen-bond donors (Lipinski definition) is 1. The number of aryl methyl sites for hydroxylation is 1. The lowest BCUT2D eigenvalue weighted by atomic mass is 9.99. The third-order valence-electron chi connectivity index (χ3n) is 3.32. The molecule has 0 aliphatic rings. The SMILES string of the molecule is CCC(CC)C(Cl)CNC(=O)c1cc(C)cc(Br)c1. The monoisotopic (exact) mass is 345 g/mol. The topological polar surface area (TPSA) is 29.1 Å². The van der Waals surface area contributed by atoms with Crippen molar-refractivity contribution in [2.75, 3.05) is 6.54 Å². The summed E-state index contributed by atoms with van der Waals surface area (Å²) in [5.41, 5.74) is 1.72. The van der Waals surface area contributed by atoms with E-state index in [1.165, 1.54) is 0 Å². The van der Waals surface area contributed by atoms with Gasteiger partial charge in [-0.05, 0) is 36.6 Å². The molecule has 0 saturated heterocycles. The molecule has 0 spiro atoms. The molecule has 1 aromatic rings. The largest absolute Gasteiger partial charge is 0.351 e. The van der Waals surface area contributed by atoms with Crippen molar-refractivity contribution in [1.82, 2.24) is 5.32 Å². The number of hydrogen-bond acceptors (Lipinski definition) is 1. The molecule has 2 nitrogen and oxygen atoms in total. The number of halogens is 2. The van der Waals surface area contributed by atoms with E-state index >= 15 is 0 Å². The van der Waals surface area contributed by atoms with Crippen LogP contribution in [0.25, 0.3) is 0 Å². The van der Waals surface area contributed by atoms with Crippen LogP contribution in [-0.4, -0.2) is 17.8 Å². The second kappa shape index (κ2) is 7.91. The number of carbonyl (C=O) groups excluding carboxylic acids is 1. The molecule has 1 N–H and O–H groups in total. The molecule has 0 aliphatic heterocycles. The van der Waals surface area contributed by atoms with Gasteiger partial charge in [0.25, 0.3) is 5.91 Å². The molecule has 0 heterocycles. The molecule has 4 heteroatoms. The van der Waals surface area contributed by atoms with Crippen molar-refractivity contribution in [3.8, 4) is 0 Å². The molecule has 1 rings (SSSR count). The molecule has 1 atom stereocenters. The maximum atomic E-state index is 12.1. The zero-order valence-electron chi connectivity index (χ0n) is 11.7. The van der Waals surface area contributed by atoms with Crippen molar-refractivity contribution in [2.45, 2.75) is 39.0 Å². The summed E-state index contributed by atoms with van der Waals surface area (Å²) in [6, 6.07) is 5.68. The summed E-state index contributed by atoms with van der Waals surface area (Å²) in [6.07, 6.45) is 2.08. The lowest BCUT2D eigenvalue weighted by Gasteiger charge is -2.19. The van der Waals surface area contributed by atoms with Crippen molar-refractivity contribution in [3.63, 3.8) is 0 Å². The van der Waals surface area contributed by atoms with Crippen LogP contribution in [0.4, 0.5) is 0 Å². The standard InChI is InChI=1S/C15H21BrClNO/c1-4-11(5-2)14(17)9-18-15(19)12-6-10(3)7-13(16)8-12/h6-8,11,14H,4-5,9H2,1-3H3,(H,18,19). The van der Waals surface area contributed by atoms with Gasteiger partial charge in [0.1, 0.15) is 0 Å². The molecule has 1 amide bonds. The van der Waals surface area contributed by atoms with Gasteiger partial charge in [-0.25, -0.2) is 0 Å². The zero-order chi connectivity index (χ0) is 14.4. The second-order valence-corrected chi connectivity index (χ2v) is 6.30. The molecule has 0 saturated carbocycles. The number of rotatable bonds is 6. The quantitative estimate of drug-likeness (QED) is 0.753. The van der Waals surface area contributed by atoms with Crippen LogP contribution in [0, 0.1) is 12.8 Å². The highest BCUT2D eigenvalue weighted by Crippen LogP contribution is 2.18. The van der Waals surface area contributed by atoms with Crippen LogP contribution in [-0.2, 0) is 0 Å². The highest BCUT2D eigenvalue weighted by molar-refractivity contribution is 9.10. The van der Waals surface area contributed by atoms with Crippen LogP contribution in [0.1, 0.15) is 42.6 Å². The highest BCUT2D eigenvalue weighted by atomic mass is 79.9. The summed E-state index contributed by atoms with van der Waals surface area (Å²) in [6.45, 7) is 6.74. The predicted molar refractivity (Wildman–Crippen MR) is 84.9 cm³/mol. The first-order valence-corrected chi connectivity index (χ1v) is 7.90. The molecule has 0 aromatic heterocycles. The van der Waals surface area contributed by atoms with Gasteiger partial charge in [-0.3, -0.25) is 4.79 Å². The third-order valence-corrected chi connectivity index (χ3v) is 4.29. The van der Waals surface area contributed by atoms with E-state index in [0.717, 1.165) is 22.9 Å².